The minimum absolute atomic E-state index is 0.216. The summed E-state index contributed by atoms with van der Waals surface area (Å²) in [7, 11) is 0. The van der Waals surface area contributed by atoms with E-state index < -0.39 is 11.9 Å². The molecule has 0 spiro atoms. The maximum absolute atomic E-state index is 11.7. The van der Waals surface area contributed by atoms with Crippen LogP contribution in [0.5, 0.6) is 11.5 Å². The van der Waals surface area contributed by atoms with Gasteiger partial charge in [0.2, 0.25) is 5.91 Å². The molecule has 7 heteroatoms. The minimum Gasteiger partial charge on any atom is -0.504 e. The number of phenolic OH excluding ortho intramolecular Hbond substituents is 2. The Morgan fingerprint density at radius 1 is 1.42 bits per heavy atom. The Labute approximate surface area is 108 Å². The summed E-state index contributed by atoms with van der Waals surface area (Å²) in [4.78, 5) is 11.7. The number of rotatable bonds is 4. The molecule has 1 heterocycles. The van der Waals surface area contributed by atoms with E-state index >= 15 is 0 Å². The summed E-state index contributed by atoms with van der Waals surface area (Å²) in [6.45, 7) is 0. The monoisotopic (exact) mass is 263 g/mol. The largest absolute Gasteiger partial charge is 0.504 e. The first kappa shape index (κ1) is 12.9. The molecule has 0 saturated heterocycles. The van der Waals surface area contributed by atoms with Crippen molar-refractivity contribution in [2.75, 3.05) is 5.32 Å². The van der Waals surface area contributed by atoms with E-state index in [1.807, 2.05) is 0 Å². The zero-order valence-corrected chi connectivity index (χ0v) is 9.91. The van der Waals surface area contributed by atoms with Gasteiger partial charge in [-0.3, -0.25) is 4.79 Å². The van der Waals surface area contributed by atoms with Gasteiger partial charge in [-0.1, -0.05) is 11.2 Å². The third-order valence-electron chi connectivity index (χ3n) is 2.53. The molecule has 1 aromatic carbocycles. The lowest BCUT2D eigenvalue weighted by Gasteiger charge is -2.11. The number of amides is 1. The number of nitrogens with one attached hydrogen (secondary N) is 1. The first-order valence-corrected chi connectivity index (χ1v) is 5.53. The molecule has 0 radical (unpaired) electrons. The number of hydrogen-bond acceptors (Lipinski definition) is 6. The van der Waals surface area contributed by atoms with E-state index in [4.69, 9.17) is 5.73 Å². The Kier molecular flexibility index (Phi) is 3.67. The number of nitrogens with zero attached hydrogens (tertiary/aromatic N) is 1. The lowest BCUT2D eigenvalue weighted by molar-refractivity contribution is -0.117. The van der Waals surface area contributed by atoms with Crippen molar-refractivity contribution < 1.29 is 19.5 Å². The van der Waals surface area contributed by atoms with E-state index in [-0.39, 0.29) is 17.9 Å². The number of anilines is 1. The molecule has 1 aromatic heterocycles. The van der Waals surface area contributed by atoms with Crippen LogP contribution in [0.4, 0.5) is 5.69 Å². The number of phenols is 2. The van der Waals surface area contributed by atoms with Gasteiger partial charge in [0.1, 0.15) is 12.0 Å². The standard InChI is InChI=1S/C12H13N3O4/c13-9(12(18)15-8-5-14-19-6-8)3-7-1-2-10(16)11(17)4-7/h1-2,4-6,9,16-17H,3,13H2,(H,15,18)/t9-/m0/s1. The molecule has 0 bridgehead atoms. The molecule has 0 saturated carbocycles. The van der Waals surface area contributed by atoms with Gasteiger partial charge in [0.15, 0.2) is 11.5 Å². The zero-order valence-electron chi connectivity index (χ0n) is 9.91. The van der Waals surface area contributed by atoms with Crippen molar-refractivity contribution in [2.45, 2.75) is 12.5 Å². The molecule has 5 N–H and O–H groups in total. The lowest BCUT2D eigenvalue weighted by atomic mass is 10.1. The van der Waals surface area contributed by atoms with Crippen LogP contribution < -0.4 is 11.1 Å². The summed E-state index contributed by atoms with van der Waals surface area (Å²) >= 11 is 0. The maximum Gasteiger partial charge on any atom is 0.241 e. The molecule has 100 valence electrons. The summed E-state index contributed by atoms with van der Waals surface area (Å²) in [6.07, 6.45) is 2.87. The van der Waals surface area contributed by atoms with Gasteiger partial charge in [-0.05, 0) is 24.1 Å². The highest BCUT2D eigenvalue weighted by Gasteiger charge is 2.15. The first-order valence-electron chi connectivity index (χ1n) is 5.53. The highest BCUT2D eigenvalue weighted by atomic mass is 16.5. The van der Waals surface area contributed by atoms with Gasteiger partial charge in [0.25, 0.3) is 0 Å². The average Bonchev–Trinajstić information content (AvgIpc) is 2.86. The molecule has 1 atom stereocenters. The van der Waals surface area contributed by atoms with Crippen molar-refractivity contribution in [1.82, 2.24) is 5.16 Å². The topological polar surface area (TPSA) is 122 Å². The van der Waals surface area contributed by atoms with E-state index in [1.54, 1.807) is 6.07 Å². The second kappa shape index (κ2) is 5.40. The Bertz CT molecular complexity index is 568. The fraction of sp³-hybridized carbons (Fsp3) is 0.167. The molecule has 0 aliphatic carbocycles. The van der Waals surface area contributed by atoms with Crippen molar-refractivity contribution in [3.63, 3.8) is 0 Å². The van der Waals surface area contributed by atoms with Gasteiger partial charge in [0.05, 0.1) is 12.2 Å². The Balaban J connectivity index is 1.98. The minimum atomic E-state index is -0.793. The third-order valence-corrected chi connectivity index (χ3v) is 2.53. The highest BCUT2D eigenvalue weighted by Crippen LogP contribution is 2.25. The highest BCUT2D eigenvalue weighted by molar-refractivity contribution is 5.94. The zero-order chi connectivity index (χ0) is 13.8. The van der Waals surface area contributed by atoms with E-state index in [2.05, 4.69) is 15.0 Å². The van der Waals surface area contributed by atoms with Crippen LogP contribution >= 0.6 is 0 Å². The fourth-order valence-corrected chi connectivity index (χ4v) is 1.54. The summed E-state index contributed by atoms with van der Waals surface area (Å²) in [5.41, 5.74) is 6.81. The maximum atomic E-state index is 11.7. The summed E-state index contributed by atoms with van der Waals surface area (Å²) in [5, 5.41) is 24.5. The normalized spacial score (nSPS) is 12.1. The quantitative estimate of drug-likeness (QED) is 0.599. The number of nitrogens with two attached hydrogens (primary N) is 1. The van der Waals surface area contributed by atoms with Gasteiger partial charge in [-0.2, -0.15) is 0 Å². The number of aromatic nitrogens is 1. The van der Waals surface area contributed by atoms with Crippen LogP contribution in [-0.2, 0) is 11.2 Å². The van der Waals surface area contributed by atoms with E-state index in [1.165, 1.54) is 24.6 Å². The summed E-state index contributed by atoms with van der Waals surface area (Å²) in [5.74, 6) is -0.855. The van der Waals surface area contributed by atoms with Crippen LogP contribution in [0.15, 0.2) is 35.2 Å². The molecule has 0 aliphatic heterocycles. The Morgan fingerprint density at radius 2 is 2.21 bits per heavy atom. The Morgan fingerprint density at radius 3 is 2.84 bits per heavy atom. The molecule has 0 aliphatic rings. The SMILES string of the molecule is N[C@@H](Cc1ccc(O)c(O)c1)C(=O)Nc1cnoc1. The number of aromatic hydroxyl groups is 2. The van der Waals surface area contributed by atoms with Crippen LogP contribution in [0, 0.1) is 0 Å². The molecule has 7 nitrogen and oxygen atoms in total. The number of carbonyl (C=O) groups excluding carboxylic acids is 1. The molecular formula is C12H13N3O4. The summed E-state index contributed by atoms with van der Waals surface area (Å²) in [6, 6.07) is 3.50. The van der Waals surface area contributed by atoms with E-state index in [9.17, 15) is 15.0 Å². The van der Waals surface area contributed by atoms with Gasteiger partial charge >= 0.3 is 0 Å². The second-order valence-electron chi connectivity index (χ2n) is 4.04. The van der Waals surface area contributed by atoms with E-state index in [0.29, 0.717) is 11.3 Å². The molecular weight excluding hydrogens is 250 g/mol. The second-order valence-corrected chi connectivity index (χ2v) is 4.04. The number of benzene rings is 1. The molecule has 2 aromatic rings. The van der Waals surface area contributed by atoms with Gasteiger partial charge in [-0.15, -0.1) is 0 Å². The van der Waals surface area contributed by atoms with Gasteiger partial charge in [-0.25, -0.2) is 0 Å². The predicted molar refractivity (Wildman–Crippen MR) is 66.6 cm³/mol. The van der Waals surface area contributed by atoms with Crippen LogP contribution in [0.2, 0.25) is 0 Å². The smallest absolute Gasteiger partial charge is 0.241 e. The van der Waals surface area contributed by atoms with Crippen LogP contribution in [0.3, 0.4) is 0 Å². The van der Waals surface area contributed by atoms with Crippen molar-refractivity contribution in [1.29, 1.82) is 0 Å². The summed E-state index contributed by atoms with van der Waals surface area (Å²) < 4.78 is 4.58. The van der Waals surface area contributed by atoms with Crippen molar-refractivity contribution >= 4 is 11.6 Å². The molecule has 19 heavy (non-hydrogen) atoms. The van der Waals surface area contributed by atoms with Gasteiger partial charge in [0, 0.05) is 0 Å². The van der Waals surface area contributed by atoms with Crippen LogP contribution in [-0.4, -0.2) is 27.3 Å². The third kappa shape index (κ3) is 3.23. The van der Waals surface area contributed by atoms with E-state index in [0.717, 1.165) is 0 Å². The van der Waals surface area contributed by atoms with Crippen molar-refractivity contribution in [3.05, 3.63) is 36.2 Å². The molecule has 0 fully saturated rings. The molecule has 1 amide bonds. The van der Waals surface area contributed by atoms with Crippen LogP contribution in [0.1, 0.15) is 5.56 Å². The fourth-order valence-electron chi connectivity index (χ4n) is 1.54. The average molecular weight is 263 g/mol. The number of carbonyl (C=O) groups is 1. The lowest BCUT2D eigenvalue weighted by Crippen LogP contribution is -2.37. The molecule has 2 rings (SSSR count). The predicted octanol–water partition coefficient (Wildman–Crippen LogP) is 0.594. The number of hydrogen-bond donors (Lipinski definition) is 4. The van der Waals surface area contributed by atoms with Crippen LogP contribution in [0.25, 0.3) is 0 Å². The first-order chi connectivity index (χ1) is 9.06. The van der Waals surface area contributed by atoms with Gasteiger partial charge < -0.3 is 25.8 Å². The molecule has 0 unspecified atom stereocenters. The van der Waals surface area contributed by atoms with Crippen molar-refractivity contribution in [3.8, 4) is 11.5 Å². The van der Waals surface area contributed by atoms with Crippen molar-refractivity contribution in [2.24, 2.45) is 5.73 Å². The Hall–Kier alpha value is -2.54.